The molecule has 130 valence electrons. The molecule has 0 aliphatic carbocycles. The van der Waals surface area contributed by atoms with Gasteiger partial charge in [-0.3, -0.25) is 4.79 Å². The number of hydrogen-bond acceptors (Lipinski definition) is 2. The molecule has 0 radical (unpaired) electrons. The third-order valence-corrected chi connectivity index (χ3v) is 5.16. The molecule has 0 fully saturated rings. The number of hydrogen-bond donors (Lipinski definition) is 0. The van der Waals surface area contributed by atoms with Crippen LogP contribution in [0.25, 0.3) is 0 Å². The number of halogens is 1. The third-order valence-electron chi connectivity index (χ3n) is 4.79. The molecule has 4 heteroatoms. The van der Waals surface area contributed by atoms with E-state index in [2.05, 4.69) is 0 Å². The summed E-state index contributed by atoms with van der Waals surface area (Å²) in [6.45, 7) is 0.462. The van der Waals surface area contributed by atoms with Crippen LogP contribution in [-0.4, -0.2) is 17.9 Å². The molecule has 26 heavy (non-hydrogen) atoms. The number of carbonyl (C=O) groups excluding carboxylic acids is 1. The number of methoxy groups -OCH3 is 1. The summed E-state index contributed by atoms with van der Waals surface area (Å²) in [6.07, 6.45) is 0. The van der Waals surface area contributed by atoms with Gasteiger partial charge in [-0.2, -0.15) is 0 Å². The van der Waals surface area contributed by atoms with Gasteiger partial charge in [0.25, 0.3) is 5.91 Å². The molecule has 0 saturated carbocycles. The van der Waals surface area contributed by atoms with Gasteiger partial charge in [0.15, 0.2) is 0 Å². The number of ether oxygens (including phenoxy) is 1. The van der Waals surface area contributed by atoms with E-state index in [4.69, 9.17) is 16.3 Å². The van der Waals surface area contributed by atoms with Crippen LogP contribution < -0.4 is 4.74 Å². The molecule has 1 atom stereocenters. The topological polar surface area (TPSA) is 29.5 Å². The Morgan fingerprint density at radius 1 is 0.962 bits per heavy atom. The molecule has 3 aromatic carbocycles. The quantitative estimate of drug-likeness (QED) is 0.645. The highest BCUT2D eigenvalue weighted by atomic mass is 35.5. The molecule has 3 nitrogen and oxygen atoms in total. The second-order valence-corrected chi connectivity index (χ2v) is 6.69. The summed E-state index contributed by atoms with van der Waals surface area (Å²) in [5, 5.41) is 0.671. The van der Waals surface area contributed by atoms with Gasteiger partial charge in [0.1, 0.15) is 5.75 Å². The van der Waals surface area contributed by atoms with Gasteiger partial charge in [0.2, 0.25) is 0 Å². The fourth-order valence-electron chi connectivity index (χ4n) is 3.49. The van der Waals surface area contributed by atoms with E-state index in [0.717, 1.165) is 28.0 Å². The second-order valence-electron chi connectivity index (χ2n) is 6.29. The Kier molecular flexibility index (Phi) is 4.39. The Bertz CT molecular complexity index is 952. The highest BCUT2D eigenvalue weighted by Gasteiger charge is 2.37. The van der Waals surface area contributed by atoms with Crippen LogP contribution in [0.15, 0.2) is 72.8 Å². The molecule has 4 rings (SSSR count). The summed E-state index contributed by atoms with van der Waals surface area (Å²) in [5.41, 5.74) is 3.76. The first-order valence-corrected chi connectivity index (χ1v) is 8.84. The van der Waals surface area contributed by atoms with Crippen molar-refractivity contribution in [2.24, 2.45) is 0 Å². The summed E-state index contributed by atoms with van der Waals surface area (Å²) < 4.78 is 5.26. The van der Waals surface area contributed by atoms with Crippen molar-refractivity contribution in [2.45, 2.75) is 12.6 Å². The number of carbonyl (C=O) groups is 1. The lowest BCUT2D eigenvalue weighted by atomic mass is 9.97. The average Bonchev–Trinajstić information content (AvgIpc) is 2.96. The van der Waals surface area contributed by atoms with Crippen LogP contribution in [-0.2, 0) is 6.54 Å². The van der Waals surface area contributed by atoms with Gasteiger partial charge in [-0.05, 0) is 41.0 Å². The standard InChI is InChI=1S/C22H18ClNO2/c1-26-17-12-10-15(11-13-17)21-18-7-3-4-8-19(18)22(25)24(21)14-16-6-2-5-9-20(16)23/h2-13,21H,14H2,1H3. The maximum absolute atomic E-state index is 13.1. The average molecular weight is 364 g/mol. The Balaban J connectivity index is 1.78. The Morgan fingerprint density at radius 2 is 1.65 bits per heavy atom. The minimum atomic E-state index is -0.138. The van der Waals surface area contributed by atoms with E-state index < -0.39 is 0 Å². The van der Waals surface area contributed by atoms with Gasteiger partial charge in [-0.25, -0.2) is 0 Å². The van der Waals surface area contributed by atoms with Crippen LogP contribution in [0.2, 0.25) is 5.02 Å². The van der Waals surface area contributed by atoms with Crippen molar-refractivity contribution < 1.29 is 9.53 Å². The Morgan fingerprint density at radius 3 is 2.38 bits per heavy atom. The van der Waals surface area contributed by atoms with Crippen molar-refractivity contribution in [2.75, 3.05) is 7.11 Å². The minimum absolute atomic E-state index is 0.0290. The zero-order chi connectivity index (χ0) is 18.1. The summed E-state index contributed by atoms with van der Waals surface area (Å²) in [5.74, 6) is 0.824. The maximum Gasteiger partial charge on any atom is 0.255 e. The van der Waals surface area contributed by atoms with E-state index in [0.29, 0.717) is 11.6 Å². The molecule has 1 amide bonds. The van der Waals surface area contributed by atoms with Gasteiger partial charge >= 0.3 is 0 Å². The molecular formula is C22H18ClNO2. The molecule has 0 bridgehead atoms. The van der Waals surface area contributed by atoms with Crippen molar-refractivity contribution in [3.8, 4) is 5.75 Å². The van der Waals surface area contributed by atoms with Crippen molar-refractivity contribution >= 4 is 17.5 Å². The summed E-state index contributed by atoms with van der Waals surface area (Å²) in [6, 6.07) is 23.2. The van der Waals surface area contributed by atoms with Crippen LogP contribution in [0.3, 0.4) is 0 Å². The molecule has 1 aliphatic rings. The van der Waals surface area contributed by atoms with Crippen LogP contribution >= 0.6 is 11.6 Å². The maximum atomic E-state index is 13.1. The lowest BCUT2D eigenvalue weighted by Gasteiger charge is -2.26. The number of amides is 1. The van der Waals surface area contributed by atoms with E-state index in [1.807, 2.05) is 77.7 Å². The predicted molar refractivity (Wildman–Crippen MR) is 103 cm³/mol. The highest BCUT2D eigenvalue weighted by Crippen LogP contribution is 2.40. The lowest BCUT2D eigenvalue weighted by molar-refractivity contribution is 0.0736. The predicted octanol–water partition coefficient (Wildman–Crippen LogP) is 5.09. The Hall–Kier alpha value is -2.78. The van der Waals surface area contributed by atoms with Gasteiger partial charge < -0.3 is 9.64 Å². The molecule has 0 saturated heterocycles. The van der Waals surface area contributed by atoms with E-state index in [1.54, 1.807) is 7.11 Å². The molecular weight excluding hydrogens is 346 g/mol. The van der Waals surface area contributed by atoms with Crippen molar-refractivity contribution in [3.05, 3.63) is 100 Å². The van der Waals surface area contributed by atoms with E-state index >= 15 is 0 Å². The van der Waals surface area contributed by atoms with Gasteiger partial charge in [-0.1, -0.05) is 60.1 Å². The van der Waals surface area contributed by atoms with Crippen molar-refractivity contribution in [1.82, 2.24) is 4.90 Å². The summed E-state index contributed by atoms with van der Waals surface area (Å²) >= 11 is 6.34. The van der Waals surface area contributed by atoms with E-state index in [-0.39, 0.29) is 11.9 Å². The van der Waals surface area contributed by atoms with Crippen molar-refractivity contribution in [3.63, 3.8) is 0 Å². The molecule has 0 spiro atoms. The third kappa shape index (κ3) is 2.85. The lowest BCUT2D eigenvalue weighted by Crippen LogP contribution is -2.28. The zero-order valence-electron chi connectivity index (χ0n) is 14.4. The van der Waals surface area contributed by atoms with Crippen molar-refractivity contribution in [1.29, 1.82) is 0 Å². The van der Waals surface area contributed by atoms with Crippen LogP contribution in [0, 0.1) is 0 Å². The minimum Gasteiger partial charge on any atom is -0.497 e. The summed E-state index contributed by atoms with van der Waals surface area (Å²) in [7, 11) is 1.65. The van der Waals surface area contributed by atoms with Gasteiger partial charge in [0.05, 0.1) is 13.2 Å². The highest BCUT2D eigenvalue weighted by molar-refractivity contribution is 6.31. The fourth-order valence-corrected chi connectivity index (χ4v) is 3.68. The Labute approximate surface area is 157 Å². The number of benzene rings is 3. The SMILES string of the molecule is COc1ccc(C2c3ccccc3C(=O)N2Cc2ccccc2Cl)cc1. The molecule has 0 aromatic heterocycles. The second kappa shape index (κ2) is 6.85. The molecule has 3 aromatic rings. The first-order chi connectivity index (χ1) is 12.7. The first kappa shape index (κ1) is 16.7. The monoisotopic (exact) mass is 363 g/mol. The summed E-state index contributed by atoms with van der Waals surface area (Å²) in [4.78, 5) is 15.0. The van der Waals surface area contributed by atoms with Crippen LogP contribution in [0.1, 0.15) is 33.1 Å². The van der Waals surface area contributed by atoms with Crippen LogP contribution in [0.5, 0.6) is 5.75 Å². The molecule has 0 N–H and O–H groups in total. The van der Waals surface area contributed by atoms with E-state index in [1.165, 1.54) is 0 Å². The number of fused-ring (bicyclic) bond motifs is 1. The zero-order valence-corrected chi connectivity index (χ0v) is 15.1. The van der Waals surface area contributed by atoms with E-state index in [9.17, 15) is 4.79 Å². The smallest absolute Gasteiger partial charge is 0.255 e. The molecule has 1 aliphatic heterocycles. The molecule has 1 unspecified atom stereocenters. The largest absolute Gasteiger partial charge is 0.497 e. The number of rotatable bonds is 4. The fraction of sp³-hybridized carbons (Fsp3) is 0.136. The molecule has 1 heterocycles. The van der Waals surface area contributed by atoms with Gasteiger partial charge in [-0.15, -0.1) is 0 Å². The normalized spacial score (nSPS) is 15.8. The number of nitrogens with zero attached hydrogens (tertiary/aromatic N) is 1. The van der Waals surface area contributed by atoms with Gasteiger partial charge in [0, 0.05) is 17.1 Å². The van der Waals surface area contributed by atoms with Crippen LogP contribution in [0.4, 0.5) is 0 Å². The first-order valence-electron chi connectivity index (χ1n) is 8.46.